The molecule has 1 aromatic carbocycles. The molecule has 1 N–H and O–H groups in total. The van der Waals surface area contributed by atoms with E-state index in [1.54, 1.807) is 32.2 Å². The summed E-state index contributed by atoms with van der Waals surface area (Å²) in [5, 5.41) is 2.73. The van der Waals surface area contributed by atoms with E-state index in [4.69, 9.17) is 9.47 Å². The maximum absolute atomic E-state index is 12.2. The van der Waals surface area contributed by atoms with Crippen molar-refractivity contribution < 1.29 is 19.1 Å². The van der Waals surface area contributed by atoms with Crippen molar-refractivity contribution in [2.75, 3.05) is 12.4 Å². The van der Waals surface area contributed by atoms with E-state index in [0.29, 0.717) is 23.8 Å². The number of rotatable bonds is 7. The van der Waals surface area contributed by atoms with Crippen molar-refractivity contribution in [1.29, 1.82) is 0 Å². The van der Waals surface area contributed by atoms with Gasteiger partial charge in [-0.25, -0.2) is 0 Å². The highest BCUT2D eigenvalue weighted by Gasteiger charge is 2.20. The number of hydrogen-bond donors (Lipinski definition) is 1. The first-order valence-corrected chi connectivity index (χ1v) is 8.73. The SMILES string of the molecule is COc1ccccc1NC(=O)[C@@H](C)OC(=O)CCC1CCCCC1. The first-order chi connectivity index (χ1) is 11.6. The fourth-order valence-corrected chi connectivity index (χ4v) is 3.09. The van der Waals surface area contributed by atoms with Crippen LogP contribution < -0.4 is 10.1 Å². The Morgan fingerprint density at radius 3 is 2.62 bits per heavy atom. The monoisotopic (exact) mass is 333 g/mol. The van der Waals surface area contributed by atoms with Crippen LogP contribution in [0.3, 0.4) is 0 Å². The molecule has 0 bridgehead atoms. The Balaban J connectivity index is 1.77. The summed E-state index contributed by atoms with van der Waals surface area (Å²) in [5.74, 6) is 0.541. The minimum Gasteiger partial charge on any atom is -0.495 e. The van der Waals surface area contributed by atoms with E-state index in [2.05, 4.69) is 5.32 Å². The van der Waals surface area contributed by atoms with Gasteiger partial charge in [-0.2, -0.15) is 0 Å². The topological polar surface area (TPSA) is 64.6 Å². The molecule has 1 atom stereocenters. The maximum Gasteiger partial charge on any atom is 0.306 e. The van der Waals surface area contributed by atoms with Gasteiger partial charge in [0.15, 0.2) is 6.10 Å². The summed E-state index contributed by atoms with van der Waals surface area (Å²) in [5.41, 5.74) is 0.565. The fraction of sp³-hybridized carbons (Fsp3) is 0.579. The molecule has 1 aliphatic carbocycles. The molecule has 24 heavy (non-hydrogen) atoms. The summed E-state index contributed by atoms with van der Waals surface area (Å²) in [6.07, 6.45) is 6.66. The van der Waals surface area contributed by atoms with Crippen LogP contribution in [0.4, 0.5) is 5.69 Å². The molecule has 0 radical (unpaired) electrons. The highest BCUT2D eigenvalue weighted by atomic mass is 16.5. The van der Waals surface area contributed by atoms with Crippen molar-refractivity contribution in [3.63, 3.8) is 0 Å². The fourth-order valence-electron chi connectivity index (χ4n) is 3.09. The zero-order valence-corrected chi connectivity index (χ0v) is 14.5. The number of anilines is 1. The van der Waals surface area contributed by atoms with Gasteiger partial charge in [0.25, 0.3) is 5.91 Å². The minimum absolute atomic E-state index is 0.303. The smallest absolute Gasteiger partial charge is 0.306 e. The number of esters is 1. The Bertz CT molecular complexity index is 552. The summed E-state index contributed by atoms with van der Waals surface area (Å²) < 4.78 is 10.4. The van der Waals surface area contributed by atoms with Crippen LogP contribution in [0, 0.1) is 5.92 Å². The first-order valence-electron chi connectivity index (χ1n) is 8.73. The van der Waals surface area contributed by atoms with E-state index >= 15 is 0 Å². The van der Waals surface area contributed by atoms with Gasteiger partial charge in [-0.05, 0) is 31.4 Å². The number of benzene rings is 1. The molecular formula is C19H27NO4. The maximum atomic E-state index is 12.2. The van der Waals surface area contributed by atoms with Crippen molar-refractivity contribution in [1.82, 2.24) is 0 Å². The van der Waals surface area contributed by atoms with Gasteiger partial charge in [0.05, 0.1) is 12.8 Å². The Kier molecular flexibility index (Phi) is 7.09. The molecule has 132 valence electrons. The summed E-state index contributed by atoms with van der Waals surface area (Å²) in [6, 6.07) is 7.13. The van der Waals surface area contributed by atoms with Gasteiger partial charge in [-0.1, -0.05) is 44.2 Å². The Morgan fingerprint density at radius 1 is 1.21 bits per heavy atom. The Labute approximate surface area is 143 Å². The molecule has 1 fully saturated rings. The summed E-state index contributed by atoms with van der Waals surface area (Å²) in [4.78, 5) is 24.1. The molecule has 0 aliphatic heterocycles. The standard InChI is InChI=1S/C19H27NO4/c1-14(19(22)20-16-10-6-7-11-17(16)23-2)24-18(21)13-12-15-8-4-3-5-9-15/h6-7,10-11,14-15H,3-5,8-9,12-13H2,1-2H3,(H,20,22)/t14-/m1/s1. The van der Waals surface area contributed by atoms with Crippen molar-refractivity contribution in [2.24, 2.45) is 5.92 Å². The molecule has 5 heteroatoms. The lowest BCUT2D eigenvalue weighted by atomic mass is 9.86. The van der Waals surface area contributed by atoms with E-state index < -0.39 is 6.10 Å². The van der Waals surface area contributed by atoms with Gasteiger partial charge in [0.1, 0.15) is 5.75 Å². The van der Waals surface area contributed by atoms with Crippen LogP contribution in [0.2, 0.25) is 0 Å². The first kappa shape index (κ1) is 18.3. The average Bonchev–Trinajstić information content (AvgIpc) is 2.61. The summed E-state index contributed by atoms with van der Waals surface area (Å²) in [7, 11) is 1.54. The van der Waals surface area contributed by atoms with E-state index in [9.17, 15) is 9.59 Å². The van der Waals surface area contributed by atoms with Crippen molar-refractivity contribution >= 4 is 17.6 Å². The third-order valence-corrected chi connectivity index (χ3v) is 4.52. The Morgan fingerprint density at radius 2 is 1.92 bits per heavy atom. The molecule has 0 aromatic heterocycles. The van der Waals surface area contributed by atoms with Crippen molar-refractivity contribution in [3.05, 3.63) is 24.3 Å². The predicted octanol–water partition coefficient (Wildman–Crippen LogP) is 3.93. The van der Waals surface area contributed by atoms with Gasteiger partial charge in [-0.15, -0.1) is 0 Å². The highest BCUT2D eigenvalue weighted by molar-refractivity contribution is 5.96. The lowest BCUT2D eigenvalue weighted by Crippen LogP contribution is -2.30. The van der Waals surface area contributed by atoms with Crippen LogP contribution in [-0.4, -0.2) is 25.1 Å². The van der Waals surface area contributed by atoms with E-state index in [-0.39, 0.29) is 11.9 Å². The quantitative estimate of drug-likeness (QED) is 0.768. The normalized spacial score (nSPS) is 16.2. The zero-order chi connectivity index (χ0) is 17.4. The van der Waals surface area contributed by atoms with Gasteiger partial charge in [0, 0.05) is 6.42 Å². The van der Waals surface area contributed by atoms with Crippen molar-refractivity contribution in [3.8, 4) is 5.75 Å². The molecule has 5 nitrogen and oxygen atoms in total. The van der Waals surface area contributed by atoms with Crippen LogP contribution in [-0.2, 0) is 14.3 Å². The number of nitrogens with one attached hydrogen (secondary N) is 1. The molecule has 0 unspecified atom stereocenters. The third-order valence-electron chi connectivity index (χ3n) is 4.52. The zero-order valence-electron chi connectivity index (χ0n) is 14.5. The number of carbonyl (C=O) groups is 2. The second-order valence-corrected chi connectivity index (χ2v) is 6.36. The predicted molar refractivity (Wildman–Crippen MR) is 93.0 cm³/mol. The summed E-state index contributed by atoms with van der Waals surface area (Å²) in [6.45, 7) is 1.59. The number of methoxy groups -OCH3 is 1. The summed E-state index contributed by atoms with van der Waals surface area (Å²) >= 11 is 0. The molecule has 1 amide bonds. The van der Waals surface area contributed by atoms with Crippen molar-refractivity contribution in [2.45, 2.75) is 58.0 Å². The Hall–Kier alpha value is -2.04. The van der Waals surface area contributed by atoms with E-state index in [1.165, 1.54) is 32.1 Å². The number of carbonyl (C=O) groups excluding carboxylic acids is 2. The van der Waals surface area contributed by atoms with Gasteiger partial charge >= 0.3 is 5.97 Å². The molecule has 2 rings (SSSR count). The van der Waals surface area contributed by atoms with Crippen LogP contribution in [0.25, 0.3) is 0 Å². The number of para-hydroxylation sites is 2. The number of ether oxygens (including phenoxy) is 2. The average molecular weight is 333 g/mol. The lowest BCUT2D eigenvalue weighted by Gasteiger charge is -2.21. The molecular weight excluding hydrogens is 306 g/mol. The lowest BCUT2D eigenvalue weighted by molar-refractivity contribution is -0.153. The van der Waals surface area contributed by atoms with Crippen LogP contribution >= 0.6 is 0 Å². The van der Waals surface area contributed by atoms with Crippen LogP contribution in [0.15, 0.2) is 24.3 Å². The molecule has 0 saturated heterocycles. The molecule has 0 spiro atoms. The molecule has 1 aliphatic rings. The van der Waals surface area contributed by atoms with Gasteiger partial charge in [0.2, 0.25) is 0 Å². The second-order valence-electron chi connectivity index (χ2n) is 6.36. The number of amides is 1. The van der Waals surface area contributed by atoms with E-state index in [0.717, 1.165) is 6.42 Å². The highest BCUT2D eigenvalue weighted by Crippen LogP contribution is 2.27. The van der Waals surface area contributed by atoms with Gasteiger partial charge < -0.3 is 14.8 Å². The van der Waals surface area contributed by atoms with Gasteiger partial charge in [-0.3, -0.25) is 9.59 Å². The second kappa shape index (κ2) is 9.30. The van der Waals surface area contributed by atoms with Crippen LogP contribution in [0.5, 0.6) is 5.75 Å². The molecule has 1 saturated carbocycles. The van der Waals surface area contributed by atoms with Crippen LogP contribution in [0.1, 0.15) is 51.9 Å². The molecule has 0 heterocycles. The minimum atomic E-state index is -0.825. The molecule has 1 aromatic rings. The largest absolute Gasteiger partial charge is 0.495 e. The number of hydrogen-bond acceptors (Lipinski definition) is 4. The third kappa shape index (κ3) is 5.55. The van der Waals surface area contributed by atoms with E-state index in [1.807, 2.05) is 6.07 Å².